The van der Waals surface area contributed by atoms with Gasteiger partial charge in [0.25, 0.3) is 0 Å². The normalized spacial score (nSPS) is 12.2. The topological polar surface area (TPSA) is 50.4 Å². The fourth-order valence-electron chi connectivity index (χ4n) is 0.692. The van der Waals surface area contributed by atoms with Crippen molar-refractivity contribution in [2.24, 2.45) is 0 Å². The van der Waals surface area contributed by atoms with Gasteiger partial charge in [-0.2, -0.15) is 0 Å². The quantitative estimate of drug-likeness (QED) is 0.431. The lowest BCUT2D eigenvalue weighted by molar-refractivity contribution is -0.120. The number of hydrogen-bond donors (Lipinski definition) is 2. The molecule has 0 radical (unpaired) electrons. The SMILES string of the molecule is C=CC(C)NCC(=O)NCCOC. The van der Waals surface area contributed by atoms with E-state index < -0.39 is 0 Å². The van der Waals surface area contributed by atoms with Crippen LogP contribution in [0.3, 0.4) is 0 Å². The van der Waals surface area contributed by atoms with E-state index in [9.17, 15) is 4.79 Å². The van der Waals surface area contributed by atoms with Gasteiger partial charge in [-0.15, -0.1) is 6.58 Å². The van der Waals surface area contributed by atoms with Crippen LogP contribution in [-0.4, -0.2) is 38.8 Å². The monoisotopic (exact) mass is 186 g/mol. The molecule has 4 heteroatoms. The molecule has 0 aliphatic rings. The second-order valence-corrected chi connectivity index (χ2v) is 2.75. The standard InChI is InChI=1S/C9H18N2O2/c1-4-8(2)11-7-9(12)10-5-6-13-3/h4,8,11H,1,5-7H2,2-3H3,(H,10,12). The number of amides is 1. The fraction of sp³-hybridized carbons (Fsp3) is 0.667. The molecule has 0 heterocycles. The molecule has 0 saturated heterocycles. The molecule has 0 rings (SSSR count). The van der Waals surface area contributed by atoms with Crippen LogP contribution in [0.15, 0.2) is 12.7 Å². The molecule has 1 amide bonds. The lowest BCUT2D eigenvalue weighted by atomic mass is 10.3. The molecule has 4 nitrogen and oxygen atoms in total. The average molecular weight is 186 g/mol. The number of methoxy groups -OCH3 is 1. The Morgan fingerprint density at radius 3 is 2.92 bits per heavy atom. The number of carbonyl (C=O) groups is 1. The molecule has 0 fully saturated rings. The van der Waals surface area contributed by atoms with Crippen molar-refractivity contribution in [3.8, 4) is 0 Å². The molecule has 13 heavy (non-hydrogen) atoms. The van der Waals surface area contributed by atoms with Crippen molar-refractivity contribution >= 4 is 5.91 Å². The van der Waals surface area contributed by atoms with Gasteiger partial charge in [0, 0.05) is 19.7 Å². The van der Waals surface area contributed by atoms with Gasteiger partial charge in [0.1, 0.15) is 0 Å². The first kappa shape index (κ1) is 12.1. The van der Waals surface area contributed by atoms with Gasteiger partial charge in [-0.05, 0) is 6.92 Å². The van der Waals surface area contributed by atoms with Crippen molar-refractivity contribution in [2.75, 3.05) is 26.8 Å². The summed E-state index contributed by atoms with van der Waals surface area (Å²) >= 11 is 0. The zero-order chi connectivity index (χ0) is 10.1. The largest absolute Gasteiger partial charge is 0.383 e. The van der Waals surface area contributed by atoms with E-state index in [1.807, 2.05) is 6.92 Å². The van der Waals surface area contributed by atoms with E-state index in [0.717, 1.165) is 0 Å². The van der Waals surface area contributed by atoms with E-state index in [4.69, 9.17) is 4.74 Å². The molecule has 0 aliphatic carbocycles. The average Bonchev–Trinajstić information content (AvgIpc) is 2.14. The molecule has 1 unspecified atom stereocenters. The first-order valence-corrected chi connectivity index (χ1v) is 4.32. The summed E-state index contributed by atoms with van der Waals surface area (Å²) in [5.74, 6) is -0.0225. The number of carbonyl (C=O) groups excluding carboxylic acids is 1. The minimum Gasteiger partial charge on any atom is -0.383 e. The minimum absolute atomic E-state index is 0.0225. The Bertz CT molecular complexity index is 160. The summed E-state index contributed by atoms with van der Waals surface area (Å²) in [5, 5.41) is 5.69. The third-order valence-electron chi connectivity index (χ3n) is 1.57. The summed E-state index contributed by atoms with van der Waals surface area (Å²) in [4.78, 5) is 11.1. The van der Waals surface area contributed by atoms with E-state index in [-0.39, 0.29) is 11.9 Å². The zero-order valence-corrected chi connectivity index (χ0v) is 8.30. The second-order valence-electron chi connectivity index (χ2n) is 2.75. The Morgan fingerprint density at radius 1 is 1.69 bits per heavy atom. The number of rotatable bonds is 7. The highest BCUT2D eigenvalue weighted by Gasteiger charge is 2.00. The van der Waals surface area contributed by atoms with Crippen LogP contribution in [0.5, 0.6) is 0 Å². The third kappa shape index (κ3) is 7.49. The van der Waals surface area contributed by atoms with Crippen molar-refractivity contribution in [1.82, 2.24) is 10.6 Å². The zero-order valence-electron chi connectivity index (χ0n) is 8.30. The molecule has 0 aromatic carbocycles. The van der Waals surface area contributed by atoms with E-state index in [1.54, 1.807) is 13.2 Å². The Labute approximate surface area is 79.3 Å². The summed E-state index contributed by atoms with van der Waals surface area (Å²) in [5.41, 5.74) is 0. The molecule has 0 aromatic heterocycles. The van der Waals surface area contributed by atoms with Gasteiger partial charge in [-0.3, -0.25) is 4.79 Å². The summed E-state index contributed by atoms with van der Waals surface area (Å²) in [6.07, 6.45) is 1.75. The van der Waals surface area contributed by atoms with Crippen LogP contribution < -0.4 is 10.6 Å². The minimum atomic E-state index is -0.0225. The number of hydrogen-bond acceptors (Lipinski definition) is 3. The Hall–Kier alpha value is -0.870. The maximum Gasteiger partial charge on any atom is 0.234 e. The van der Waals surface area contributed by atoms with Crippen LogP contribution >= 0.6 is 0 Å². The van der Waals surface area contributed by atoms with E-state index in [1.165, 1.54) is 0 Å². The molecule has 0 saturated carbocycles. The molecule has 1 atom stereocenters. The molecule has 0 aromatic rings. The van der Waals surface area contributed by atoms with Crippen molar-refractivity contribution in [3.05, 3.63) is 12.7 Å². The van der Waals surface area contributed by atoms with Gasteiger partial charge < -0.3 is 15.4 Å². The van der Waals surface area contributed by atoms with Gasteiger partial charge in [0.2, 0.25) is 5.91 Å². The Kier molecular flexibility index (Phi) is 7.24. The summed E-state index contributed by atoms with van der Waals surface area (Å²) in [6, 6.07) is 0.160. The highest BCUT2D eigenvalue weighted by atomic mass is 16.5. The highest BCUT2D eigenvalue weighted by Crippen LogP contribution is 1.79. The van der Waals surface area contributed by atoms with Crippen LogP contribution in [0.2, 0.25) is 0 Å². The molecule has 2 N–H and O–H groups in total. The maximum atomic E-state index is 11.1. The molecular weight excluding hydrogens is 168 g/mol. The summed E-state index contributed by atoms with van der Waals surface area (Å²) in [7, 11) is 1.60. The van der Waals surface area contributed by atoms with Crippen LogP contribution in [0.1, 0.15) is 6.92 Å². The van der Waals surface area contributed by atoms with Crippen molar-refractivity contribution < 1.29 is 9.53 Å². The lowest BCUT2D eigenvalue weighted by Crippen LogP contribution is -2.38. The summed E-state index contributed by atoms with van der Waals surface area (Å²) in [6.45, 7) is 6.96. The fourth-order valence-corrected chi connectivity index (χ4v) is 0.692. The second kappa shape index (κ2) is 7.76. The molecular formula is C9H18N2O2. The lowest BCUT2D eigenvalue weighted by Gasteiger charge is -2.08. The Morgan fingerprint density at radius 2 is 2.38 bits per heavy atom. The van der Waals surface area contributed by atoms with E-state index >= 15 is 0 Å². The van der Waals surface area contributed by atoms with Crippen LogP contribution in [0, 0.1) is 0 Å². The van der Waals surface area contributed by atoms with Gasteiger partial charge >= 0.3 is 0 Å². The van der Waals surface area contributed by atoms with Crippen LogP contribution in [0.4, 0.5) is 0 Å². The van der Waals surface area contributed by atoms with Crippen LogP contribution in [-0.2, 0) is 9.53 Å². The highest BCUT2D eigenvalue weighted by molar-refractivity contribution is 5.77. The van der Waals surface area contributed by atoms with Crippen molar-refractivity contribution in [1.29, 1.82) is 0 Å². The van der Waals surface area contributed by atoms with Gasteiger partial charge in [0.15, 0.2) is 0 Å². The Balaban J connectivity index is 3.35. The number of nitrogens with one attached hydrogen (secondary N) is 2. The van der Waals surface area contributed by atoms with Crippen molar-refractivity contribution in [3.63, 3.8) is 0 Å². The summed E-state index contributed by atoms with van der Waals surface area (Å²) < 4.78 is 4.79. The predicted octanol–water partition coefficient (Wildman–Crippen LogP) is -0.0869. The van der Waals surface area contributed by atoms with Crippen molar-refractivity contribution in [2.45, 2.75) is 13.0 Å². The van der Waals surface area contributed by atoms with Crippen LogP contribution in [0.25, 0.3) is 0 Å². The third-order valence-corrected chi connectivity index (χ3v) is 1.57. The molecule has 0 spiro atoms. The smallest absolute Gasteiger partial charge is 0.234 e. The van der Waals surface area contributed by atoms with E-state index in [0.29, 0.717) is 19.7 Å². The first-order chi connectivity index (χ1) is 6.20. The molecule has 0 bridgehead atoms. The predicted molar refractivity (Wildman–Crippen MR) is 52.5 cm³/mol. The van der Waals surface area contributed by atoms with Gasteiger partial charge in [-0.25, -0.2) is 0 Å². The molecule has 76 valence electrons. The number of ether oxygens (including phenoxy) is 1. The van der Waals surface area contributed by atoms with Gasteiger partial charge in [-0.1, -0.05) is 6.08 Å². The molecule has 0 aliphatic heterocycles. The van der Waals surface area contributed by atoms with E-state index in [2.05, 4.69) is 17.2 Å². The van der Waals surface area contributed by atoms with Gasteiger partial charge in [0.05, 0.1) is 13.2 Å². The maximum absolute atomic E-state index is 11.1. The first-order valence-electron chi connectivity index (χ1n) is 4.32.